The highest BCUT2D eigenvalue weighted by atomic mass is 16.5. The van der Waals surface area contributed by atoms with Crippen molar-refractivity contribution in [1.29, 1.82) is 5.26 Å². The highest BCUT2D eigenvalue weighted by Gasteiger charge is 2.14. The van der Waals surface area contributed by atoms with Crippen LogP contribution in [0.2, 0.25) is 0 Å². The van der Waals surface area contributed by atoms with Gasteiger partial charge in [0, 0.05) is 31.1 Å². The van der Waals surface area contributed by atoms with Crippen molar-refractivity contribution in [1.82, 2.24) is 19.2 Å². The van der Waals surface area contributed by atoms with Crippen LogP contribution in [0.5, 0.6) is 0 Å². The second-order valence-electron chi connectivity index (χ2n) is 5.57. The zero-order valence-corrected chi connectivity index (χ0v) is 14.1. The van der Waals surface area contributed by atoms with Crippen molar-refractivity contribution in [3.8, 4) is 6.07 Å². The van der Waals surface area contributed by atoms with Gasteiger partial charge in [0.1, 0.15) is 11.7 Å². The Morgan fingerprint density at radius 3 is 2.92 bits per heavy atom. The van der Waals surface area contributed by atoms with Crippen molar-refractivity contribution in [3.05, 3.63) is 47.0 Å². The van der Waals surface area contributed by atoms with E-state index in [2.05, 4.69) is 21.5 Å². The molecule has 1 N–H and O–H groups in total. The fourth-order valence-corrected chi connectivity index (χ4v) is 2.78. The molecule has 0 saturated heterocycles. The van der Waals surface area contributed by atoms with Gasteiger partial charge < -0.3 is 10.1 Å². The third kappa shape index (κ3) is 2.84. The van der Waals surface area contributed by atoms with Crippen molar-refractivity contribution >= 4 is 11.5 Å². The number of fused-ring (bicyclic) bond motifs is 1. The van der Waals surface area contributed by atoms with Gasteiger partial charge >= 0.3 is 0 Å². The third-order valence-electron chi connectivity index (χ3n) is 4.11. The molecule has 3 heterocycles. The number of rotatable bonds is 6. The number of hydrogen-bond acceptors (Lipinski definition) is 5. The van der Waals surface area contributed by atoms with E-state index in [0.717, 1.165) is 29.1 Å². The number of nitriles is 1. The number of anilines is 1. The summed E-state index contributed by atoms with van der Waals surface area (Å²) in [5.41, 5.74) is 4.44. The summed E-state index contributed by atoms with van der Waals surface area (Å²) in [4.78, 5) is 4.50. The van der Waals surface area contributed by atoms with Crippen LogP contribution in [-0.4, -0.2) is 32.9 Å². The molecule has 0 saturated carbocycles. The van der Waals surface area contributed by atoms with Gasteiger partial charge in [-0.05, 0) is 26.0 Å². The van der Waals surface area contributed by atoms with E-state index in [0.29, 0.717) is 24.7 Å². The van der Waals surface area contributed by atoms with Gasteiger partial charge in [-0.25, -0.2) is 4.98 Å². The van der Waals surface area contributed by atoms with Crippen LogP contribution in [0.25, 0.3) is 5.65 Å². The lowest BCUT2D eigenvalue weighted by molar-refractivity contribution is 0.182. The highest BCUT2D eigenvalue weighted by Crippen LogP contribution is 2.19. The number of aryl methyl sites for hydroxylation is 1. The summed E-state index contributed by atoms with van der Waals surface area (Å²) in [5.74, 6) is 0.590. The van der Waals surface area contributed by atoms with Gasteiger partial charge in [0.25, 0.3) is 0 Å². The van der Waals surface area contributed by atoms with E-state index in [4.69, 9.17) is 4.74 Å². The fraction of sp³-hybridized carbons (Fsp3) is 0.353. The molecule has 3 aromatic rings. The minimum absolute atomic E-state index is 0.507. The van der Waals surface area contributed by atoms with Crippen molar-refractivity contribution in [2.45, 2.75) is 26.9 Å². The smallest absolute Gasteiger partial charge is 0.168 e. The number of aromatic nitrogens is 4. The van der Waals surface area contributed by atoms with Crippen LogP contribution in [0.15, 0.2) is 24.4 Å². The Kier molecular flexibility index (Phi) is 4.49. The van der Waals surface area contributed by atoms with Crippen LogP contribution in [0.3, 0.4) is 0 Å². The fourth-order valence-electron chi connectivity index (χ4n) is 2.78. The molecule has 0 spiro atoms. The Bertz CT molecular complexity index is 902. The molecule has 0 unspecified atom stereocenters. The van der Waals surface area contributed by atoms with E-state index in [1.165, 1.54) is 0 Å². The summed E-state index contributed by atoms with van der Waals surface area (Å²) in [6.45, 7) is 5.95. The average molecular weight is 324 g/mol. The van der Waals surface area contributed by atoms with Gasteiger partial charge in [-0.2, -0.15) is 10.4 Å². The van der Waals surface area contributed by atoms with Crippen molar-refractivity contribution < 1.29 is 4.74 Å². The number of nitrogens with one attached hydrogen (secondary N) is 1. The van der Waals surface area contributed by atoms with Gasteiger partial charge in [-0.3, -0.25) is 9.08 Å². The number of methoxy groups -OCH3 is 1. The zero-order chi connectivity index (χ0) is 17.1. The molecule has 7 nitrogen and oxygen atoms in total. The number of imidazole rings is 1. The second-order valence-corrected chi connectivity index (χ2v) is 5.57. The van der Waals surface area contributed by atoms with Gasteiger partial charge in [0.05, 0.1) is 18.8 Å². The minimum Gasteiger partial charge on any atom is -0.383 e. The number of nitrogens with zero attached hydrogens (tertiary/aromatic N) is 5. The maximum absolute atomic E-state index is 9.43. The van der Waals surface area contributed by atoms with Crippen LogP contribution in [0, 0.1) is 25.2 Å². The Hall–Kier alpha value is -2.85. The molecule has 24 heavy (non-hydrogen) atoms. The molecule has 0 fully saturated rings. The standard InChI is InChI=1S/C17H20N6O/c1-12-14(13(2)23(21-12)8-9-24-3)11-19-17-15(10-18)22-7-5-4-6-16(22)20-17/h4-7,19H,8-9,11H2,1-3H3. The maximum Gasteiger partial charge on any atom is 0.168 e. The van der Waals surface area contributed by atoms with Crippen LogP contribution in [0.4, 0.5) is 5.82 Å². The number of ether oxygens (including phenoxy) is 1. The Labute approximate surface area is 140 Å². The van der Waals surface area contributed by atoms with Crippen molar-refractivity contribution in [2.24, 2.45) is 0 Å². The first kappa shape index (κ1) is 16.0. The summed E-state index contributed by atoms with van der Waals surface area (Å²) in [6, 6.07) is 7.88. The molecule has 0 radical (unpaired) electrons. The SMILES string of the molecule is COCCn1nc(C)c(CNc2nc3ccccn3c2C#N)c1C. The lowest BCUT2D eigenvalue weighted by Gasteiger charge is -2.06. The largest absolute Gasteiger partial charge is 0.383 e. The number of pyridine rings is 1. The van der Waals surface area contributed by atoms with Crippen molar-refractivity contribution in [3.63, 3.8) is 0 Å². The van der Waals surface area contributed by atoms with E-state index in [1.54, 1.807) is 11.5 Å². The highest BCUT2D eigenvalue weighted by molar-refractivity contribution is 5.59. The first-order valence-electron chi connectivity index (χ1n) is 7.78. The van der Waals surface area contributed by atoms with E-state index >= 15 is 0 Å². The molecule has 0 aliphatic carbocycles. The van der Waals surface area contributed by atoms with Crippen LogP contribution in [-0.2, 0) is 17.8 Å². The number of hydrogen-bond donors (Lipinski definition) is 1. The van der Waals surface area contributed by atoms with Crippen LogP contribution >= 0.6 is 0 Å². The molecule has 3 rings (SSSR count). The summed E-state index contributed by atoms with van der Waals surface area (Å²) in [6.07, 6.45) is 1.84. The Balaban J connectivity index is 1.84. The first-order valence-corrected chi connectivity index (χ1v) is 7.78. The summed E-state index contributed by atoms with van der Waals surface area (Å²) < 4.78 is 8.85. The summed E-state index contributed by atoms with van der Waals surface area (Å²) >= 11 is 0. The van der Waals surface area contributed by atoms with E-state index in [9.17, 15) is 5.26 Å². The van der Waals surface area contributed by atoms with Crippen molar-refractivity contribution in [2.75, 3.05) is 19.0 Å². The molecule has 0 bridgehead atoms. The van der Waals surface area contributed by atoms with Gasteiger partial charge in [0.15, 0.2) is 11.5 Å². The lowest BCUT2D eigenvalue weighted by Crippen LogP contribution is -2.08. The quantitative estimate of drug-likeness (QED) is 0.752. The van der Waals surface area contributed by atoms with Crippen LogP contribution in [0.1, 0.15) is 22.6 Å². The molecule has 0 atom stereocenters. The molecule has 0 aliphatic heterocycles. The van der Waals surface area contributed by atoms with Crippen LogP contribution < -0.4 is 5.32 Å². The van der Waals surface area contributed by atoms with Gasteiger partial charge in [0.2, 0.25) is 0 Å². The molecule has 3 aromatic heterocycles. The topological polar surface area (TPSA) is 80.2 Å². The summed E-state index contributed by atoms with van der Waals surface area (Å²) in [5, 5.41) is 17.3. The molecule has 0 amide bonds. The Morgan fingerprint density at radius 2 is 2.17 bits per heavy atom. The van der Waals surface area contributed by atoms with E-state index in [-0.39, 0.29) is 0 Å². The molecular weight excluding hydrogens is 304 g/mol. The first-order chi connectivity index (χ1) is 11.7. The molecule has 124 valence electrons. The van der Waals surface area contributed by atoms with E-state index in [1.807, 2.05) is 42.9 Å². The lowest BCUT2D eigenvalue weighted by atomic mass is 10.2. The molecule has 0 aliphatic rings. The average Bonchev–Trinajstić information content (AvgIpc) is 3.08. The molecule has 0 aromatic carbocycles. The van der Waals surface area contributed by atoms with E-state index < -0.39 is 0 Å². The molecule has 7 heteroatoms. The predicted molar refractivity (Wildman–Crippen MR) is 90.8 cm³/mol. The minimum atomic E-state index is 0.507. The second kappa shape index (κ2) is 6.72. The van der Waals surface area contributed by atoms with Gasteiger partial charge in [-0.1, -0.05) is 6.07 Å². The van der Waals surface area contributed by atoms with Gasteiger partial charge in [-0.15, -0.1) is 0 Å². The Morgan fingerprint density at radius 1 is 1.33 bits per heavy atom. The normalized spacial score (nSPS) is 10.9. The summed E-state index contributed by atoms with van der Waals surface area (Å²) in [7, 11) is 1.68. The zero-order valence-electron chi connectivity index (χ0n) is 14.1. The third-order valence-corrected chi connectivity index (χ3v) is 4.11. The maximum atomic E-state index is 9.43. The molecular formula is C17H20N6O. The monoisotopic (exact) mass is 324 g/mol. The predicted octanol–water partition coefficient (Wildman–Crippen LogP) is 2.28.